The molecule has 1 saturated heterocycles. The van der Waals surface area contributed by atoms with Crippen molar-refractivity contribution in [3.63, 3.8) is 0 Å². The minimum absolute atomic E-state index is 0.0497. The molecule has 1 aliphatic heterocycles. The van der Waals surface area contributed by atoms with Gasteiger partial charge in [-0.05, 0) is 87.0 Å². The number of carbonyl (C=O) groups is 1. The molecular formula is C23H32N4O. The predicted octanol–water partition coefficient (Wildman–Crippen LogP) is 2.77. The Morgan fingerprint density at radius 2 is 1.89 bits per heavy atom. The molecule has 1 aromatic heterocycles. The second-order valence-electron chi connectivity index (χ2n) is 7.62. The summed E-state index contributed by atoms with van der Waals surface area (Å²) in [6, 6.07) is 11.8. The fourth-order valence-corrected chi connectivity index (χ4v) is 3.84. The zero-order chi connectivity index (χ0) is 19.6. The number of piperidine rings is 1. The monoisotopic (exact) mass is 380 g/mol. The Balaban J connectivity index is 1.56. The van der Waals surface area contributed by atoms with E-state index in [1.165, 1.54) is 18.4 Å². The maximum Gasteiger partial charge on any atom is 0.241 e. The summed E-state index contributed by atoms with van der Waals surface area (Å²) in [5.41, 5.74) is 3.39. The van der Waals surface area contributed by atoms with Gasteiger partial charge in [0.15, 0.2) is 0 Å². The number of amides is 1. The van der Waals surface area contributed by atoms with Gasteiger partial charge in [0.05, 0.1) is 0 Å². The average Bonchev–Trinajstić information content (AvgIpc) is 2.73. The molecule has 2 aromatic rings. The summed E-state index contributed by atoms with van der Waals surface area (Å²) in [5.74, 6) is 0.801. The highest BCUT2D eigenvalue weighted by Crippen LogP contribution is 2.20. The molecule has 3 N–H and O–H groups in total. The number of pyridine rings is 1. The smallest absolute Gasteiger partial charge is 0.241 e. The predicted molar refractivity (Wildman–Crippen MR) is 113 cm³/mol. The maximum absolute atomic E-state index is 13.0. The number of hydrogen-bond acceptors (Lipinski definition) is 4. The zero-order valence-electron chi connectivity index (χ0n) is 16.8. The largest absolute Gasteiger partial charge is 0.354 e. The van der Waals surface area contributed by atoms with Crippen LogP contribution in [0.3, 0.4) is 0 Å². The molecule has 2 heterocycles. The van der Waals surface area contributed by atoms with Crippen LogP contribution >= 0.6 is 0 Å². The number of nitrogens with zero attached hydrogens (tertiary/aromatic N) is 1. The third-order valence-electron chi connectivity index (χ3n) is 5.58. The van der Waals surface area contributed by atoms with Crippen LogP contribution in [0.25, 0.3) is 0 Å². The van der Waals surface area contributed by atoms with Gasteiger partial charge in [0.2, 0.25) is 5.91 Å². The van der Waals surface area contributed by atoms with E-state index in [0.717, 1.165) is 49.5 Å². The highest BCUT2D eigenvalue weighted by atomic mass is 16.2. The minimum Gasteiger partial charge on any atom is -0.354 e. The van der Waals surface area contributed by atoms with Crippen LogP contribution in [0.2, 0.25) is 0 Å². The van der Waals surface area contributed by atoms with Gasteiger partial charge in [-0.1, -0.05) is 24.3 Å². The van der Waals surface area contributed by atoms with E-state index in [1.54, 1.807) is 12.4 Å². The molecule has 0 spiro atoms. The molecule has 1 aromatic carbocycles. The van der Waals surface area contributed by atoms with Crippen molar-refractivity contribution in [2.45, 2.75) is 38.6 Å². The number of carbonyl (C=O) groups excluding carboxylic acids is 1. The number of nitrogens with one attached hydrogen (secondary N) is 3. The Bertz CT molecular complexity index is 728. The van der Waals surface area contributed by atoms with Gasteiger partial charge in [0.25, 0.3) is 0 Å². The van der Waals surface area contributed by atoms with E-state index in [4.69, 9.17) is 0 Å². The van der Waals surface area contributed by atoms with E-state index in [2.05, 4.69) is 40.0 Å². The standard InChI is InChI=1S/C23H32N4O/c1-18-4-2-3-5-21(18)22(26-16-10-19-6-12-24-13-7-19)23(28)27-17-11-20-8-14-25-15-9-20/h2-5,8-9,14-15,19,22,24,26H,6-7,10-13,16-17H2,1H3,(H,27,28). The van der Waals surface area contributed by atoms with Gasteiger partial charge in [-0.25, -0.2) is 0 Å². The highest BCUT2D eigenvalue weighted by molar-refractivity contribution is 5.83. The van der Waals surface area contributed by atoms with E-state index in [-0.39, 0.29) is 11.9 Å². The van der Waals surface area contributed by atoms with E-state index in [9.17, 15) is 4.79 Å². The van der Waals surface area contributed by atoms with Crippen LogP contribution in [-0.2, 0) is 11.2 Å². The van der Waals surface area contributed by atoms with Crippen LogP contribution in [0.4, 0.5) is 0 Å². The fourth-order valence-electron chi connectivity index (χ4n) is 3.84. The van der Waals surface area contributed by atoms with Gasteiger partial charge >= 0.3 is 0 Å². The molecule has 0 bridgehead atoms. The van der Waals surface area contributed by atoms with Crippen molar-refractivity contribution in [1.82, 2.24) is 20.9 Å². The summed E-state index contributed by atoms with van der Waals surface area (Å²) in [5, 5.41) is 10.1. The molecular weight excluding hydrogens is 348 g/mol. The van der Waals surface area contributed by atoms with Gasteiger partial charge in [0.1, 0.15) is 6.04 Å². The molecule has 5 nitrogen and oxygen atoms in total. The lowest BCUT2D eigenvalue weighted by Crippen LogP contribution is -2.40. The van der Waals surface area contributed by atoms with Crippen molar-refractivity contribution in [2.75, 3.05) is 26.2 Å². The van der Waals surface area contributed by atoms with Crippen molar-refractivity contribution in [3.05, 3.63) is 65.5 Å². The van der Waals surface area contributed by atoms with Crippen LogP contribution in [0.15, 0.2) is 48.8 Å². The zero-order valence-corrected chi connectivity index (χ0v) is 16.8. The summed E-state index contributed by atoms with van der Waals surface area (Å²) in [6.07, 6.45) is 7.97. The lowest BCUT2D eigenvalue weighted by Gasteiger charge is -2.25. The lowest BCUT2D eigenvalue weighted by molar-refractivity contribution is -0.123. The lowest BCUT2D eigenvalue weighted by atomic mass is 9.94. The van der Waals surface area contributed by atoms with Gasteiger partial charge in [-0.2, -0.15) is 0 Å². The van der Waals surface area contributed by atoms with Crippen LogP contribution in [0.1, 0.15) is 42.0 Å². The number of aromatic nitrogens is 1. The van der Waals surface area contributed by atoms with Crippen molar-refractivity contribution < 1.29 is 4.79 Å². The molecule has 1 aliphatic rings. The highest BCUT2D eigenvalue weighted by Gasteiger charge is 2.22. The maximum atomic E-state index is 13.0. The first-order chi connectivity index (χ1) is 13.7. The molecule has 1 atom stereocenters. The topological polar surface area (TPSA) is 66.0 Å². The molecule has 150 valence electrons. The van der Waals surface area contributed by atoms with Gasteiger partial charge in [0, 0.05) is 18.9 Å². The van der Waals surface area contributed by atoms with E-state index in [1.807, 2.05) is 24.3 Å². The van der Waals surface area contributed by atoms with Gasteiger partial charge < -0.3 is 16.0 Å². The van der Waals surface area contributed by atoms with Crippen LogP contribution in [0.5, 0.6) is 0 Å². The summed E-state index contributed by atoms with van der Waals surface area (Å²) in [7, 11) is 0. The number of rotatable bonds is 9. The number of hydrogen-bond donors (Lipinski definition) is 3. The quantitative estimate of drug-likeness (QED) is 0.626. The van der Waals surface area contributed by atoms with E-state index < -0.39 is 0 Å². The molecule has 0 saturated carbocycles. The first kappa shape index (κ1) is 20.5. The van der Waals surface area contributed by atoms with Gasteiger partial charge in [-0.15, -0.1) is 0 Å². The Hall–Kier alpha value is -2.24. The Kier molecular flexibility index (Phi) is 8.00. The van der Waals surface area contributed by atoms with Crippen molar-refractivity contribution in [2.24, 2.45) is 5.92 Å². The number of aryl methyl sites for hydroxylation is 1. The molecule has 5 heteroatoms. The summed E-state index contributed by atoms with van der Waals surface area (Å²) in [4.78, 5) is 17.0. The SMILES string of the molecule is Cc1ccccc1C(NCCC1CCNCC1)C(=O)NCCc1ccncc1. The summed E-state index contributed by atoms with van der Waals surface area (Å²) in [6.45, 7) is 5.78. The number of benzene rings is 1. The second-order valence-corrected chi connectivity index (χ2v) is 7.62. The van der Waals surface area contributed by atoms with Crippen molar-refractivity contribution in [3.8, 4) is 0 Å². The van der Waals surface area contributed by atoms with E-state index in [0.29, 0.717) is 6.54 Å². The molecule has 3 rings (SSSR count). The Labute approximate surface area is 168 Å². The molecule has 1 amide bonds. The molecule has 1 fully saturated rings. The normalized spacial score (nSPS) is 15.9. The van der Waals surface area contributed by atoms with Crippen molar-refractivity contribution in [1.29, 1.82) is 0 Å². The Morgan fingerprint density at radius 1 is 1.14 bits per heavy atom. The van der Waals surface area contributed by atoms with Crippen LogP contribution in [-0.4, -0.2) is 37.1 Å². The molecule has 1 unspecified atom stereocenters. The van der Waals surface area contributed by atoms with Crippen molar-refractivity contribution >= 4 is 5.91 Å². The Morgan fingerprint density at radius 3 is 2.64 bits per heavy atom. The third-order valence-corrected chi connectivity index (χ3v) is 5.58. The fraction of sp³-hybridized carbons (Fsp3) is 0.478. The molecule has 0 radical (unpaired) electrons. The first-order valence-electron chi connectivity index (χ1n) is 10.4. The first-order valence-corrected chi connectivity index (χ1v) is 10.4. The van der Waals surface area contributed by atoms with Gasteiger partial charge in [-0.3, -0.25) is 9.78 Å². The summed E-state index contributed by atoms with van der Waals surface area (Å²) < 4.78 is 0. The molecule has 28 heavy (non-hydrogen) atoms. The minimum atomic E-state index is -0.305. The summed E-state index contributed by atoms with van der Waals surface area (Å²) >= 11 is 0. The van der Waals surface area contributed by atoms with E-state index >= 15 is 0 Å². The average molecular weight is 381 g/mol. The second kappa shape index (κ2) is 10.9. The molecule has 0 aliphatic carbocycles. The third kappa shape index (κ3) is 6.14. The van der Waals surface area contributed by atoms with Crippen LogP contribution in [0, 0.1) is 12.8 Å². The van der Waals surface area contributed by atoms with Crippen LogP contribution < -0.4 is 16.0 Å².